The van der Waals surface area contributed by atoms with Crippen LogP contribution in [0.5, 0.6) is 0 Å². The molecule has 21 heavy (non-hydrogen) atoms. The second kappa shape index (κ2) is 7.07. The maximum atomic E-state index is 12.1. The molecule has 0 unspecified atom stereocenters. The second-order valence-corrected chi connectivity index (χ2v) is 7.09. The lowest BCUT2D eigenvalue weighted by Gasteiger charge is -2.14. The number of amides is 1. The quantitative estimate of drug-likeness (QED) is 0.851. The fourth-order valence-corrected chi connectivity index (χ4v) is 3.45. The van der Waals surface area contributed by atoms with Crippen LogP contribution >= 0.6 is 11.3 Å². The van der Waals surface area contributed by atoms with Gasteiger partial charge in [-0.15, -0.1) is 11.3 Å². The van der Waals surface area contributed by atoms with E-state index in [1.807, 2.05) is 19.9 Å². The Morgan fingerprint density at radius 2 is 2.00 bits per heavy atom. The topological polar surface area (TPSA) is 55.4 Å². The van der Waals surface area contributed by atoms with Crippen LogP contribution in [0, 0.1) is 5.92 Å². The number of ether oxygens (including phenoxy) is 1. The van der Waals surface area contributed by atoms with Crippen LogP contribution in [0.1, 0.15) is 53.7 Å². The second-order valence-electron chi connectivity index (χ2n) is 5.95. The van der Waals surface area contributed by atoms with Crippen molar-refractivity contribution in [3.8, 4) is 0 Å². The molecule has 2 rings (SSSR count). The van der Waals surface area contributed by atoms with Crippen LogP contribution in [0.3, 0.4) is 0 Å². The Morgan fingerprint density at radius 1 is 1.29 bits per heavy atom. The average molecular weight is 309 g/mol. The molecule has 1 N–H and O–H groups in total. The molecule has 1 aromatic heterocycles. The van der Waals surface area contributed by atoms with Crippen LogP contribution in [0.4, 0.5) is 0 Å². The summed E-state index contributed by atoms with van der Waals surface area (Å²) in [6.45, 7) is 6.25. The smallest absolute Gasteiger partial charge is 0.349 e. The maximum absolute atomic E-state index is 12.1. The zero-order chi connectivity index (χ0) is 15.4. The fraction of sp³-hybridized carbons (Fsp3) is 0.625. The first-order valence-electron chi connectivity index (χ1n) is 7.57. The van der Waals surface area contributed by atoms with Gasteiger partial charge < -0.3 is 10.1 Å². The van der Waals surface area contributed by atoms with E-state index < -0.39 is 6.10 Å². The lowest BCUT2D eigenvalue weighted by molar-refractivity contribution is -0.129. The molecule has 1 amide bonds. The van der Waals surface area contributed by atoms with E-state index in [2.05, 4.69) is 5.32 Å². The van der Waals surface area contributed by atoms with Gasteiger partial charge in [0.15, 0.2) is 6.10 Å². The molecule has 0 saturated carbocycles. The van der Waals surface area contributed by atoms with Crippen molar-refractivity contribution in [1.29, 1.82) is 0 Å². The summed E-state index contributed by atoms with van der Waals surface area (Å²) in [6, 6.07) is 1.93. The van der Waals surface area contributed by atoms with Gasteiger partial charge in [0, 0.05) is 11.4 Å². The Balaban J connectivity index is 1.91. The molecule has 1 heterocycles. The van der Waals surface area contributed by atoms with Gasteiger partial charge in [0.2, 0.25) is 0 Å². The molecular formula is C16H23NO3S. The van der Waals surface area contributed by atoms with Crippen molar-refractivity contribution in [2.75, 3.05) is 6.54 Å². The molecule has 0 spiro atoms. The number of carbonyl (C=O) groups is 2. The molecule has 5 heteroatoms. The summed E-state index contributed by atoms with van der Waals surface area (Å²) in [5.41, 5.74) is 1.27. The van der Waals surface area contributed by atoms with Crippen molar-refractivity contribution < 1.29 is 14.3 Å². The van der Waals surface area contributed by atoms with Gasteiger partial charge in [-0.25, -0.2) is 4.79 Å². The van der Waals surface area contributed by atoms with E-state index in [-0.39, 0.29) is 11.9 Å². The standard InChI is InChI=1S/C16H23NO3S/c1-10(2)9-17-15(18)11(3)20-16(19)14-8-12-6-4-5-7-13(12)21-14/h8,10-11H,4-7,9H2,1-3H3,(H,17,18)/t11-/m0/s1. The molecule has 0 aliphatic heterocycles. The molecule has 1 aromatic rings. The van der Waals surface area contributed by atoms with Crippen molar-refractivity contribution >= 4 is 23.2 Å². The van der Waals surface area contributed by atoms with E-state index in [9.17, 15) is 9.59 Å². The highest BCUT2D eigenvalue weighted by Gasteiger charge is 2.22. The number of nitrogens with one attached hydrogen (secondary N) is 1. The van der Waals surface area contributed by atoms with Crippen LogP contribution in [0.15, 0.2) is 6.07 Å². The molecule has 1 aliphatic rings. The first-order chi connectivity index (χ1) is 9.97. The van der Waals surface area contributed by atoms with Gasteiger partial charge in [-0.05, 0) is 50.2 Å². The van der Waals surface area contributed by atoms with E-state index in [0.717, 1.165) is 12.8 Å². The lowest BCUT2D eigenvalue weighted by atomic mass is 9.99. The number of hydrogen-bond donors (Lipinski definition) is 1. The Hall–Kier alpha value is -1.36. The predicted molar refractivity (Wildman–Crippen MR) is 83.7 cm³/mol. The third-order valence-corrected chi connectivity index (χ3v) is 4.75. The number of carbonyl (C=O) groups excluding carboxylic acids is 2. The third kappa shape index (κ3) is 4.30. The van der Waals surface area contributed by atoms with E-state index in [0.29, 0.717) is 17.3 Å². The van der Waals surface area contributed by atoms with Crippen molar-refractivity contribution in [3.05, 3.63) is 21.4 Å². The van der Waals surface area contributed by atoms with Crippen molar-refractivity contribution in [3.63, 3.8) is 0 Å². The Kier molecular flexibility index (Phi) is 5.39. The molecule has 0 aromatic carbocycles. The zero-order valence-corrected chi connectivity index (χ0v) is 13.7. The highest BCUT2D eigenvalue weighted by atomic mass is 32.1. The van der Waals surface area contributed by atoms with Crippen LogP contribution in [-0.4, -0.2) is 24.5 Å². The molecule has 0 saturated heterocycles. The Morgan fingerprint density at radius 3 is 2.67 bits per heavy atom. The highest BCUT2D eigenvalue weighted by Crippen LogP contribution is 2.30. The maximum Gasteiger partial charge on any atom is 0.349 e. The molecule has 0 bridgehead atoms. The molecule has 116 valence electrons. The predicted octanol–water partition coefficient (Wildman–Crippen LogP) is 2.94. The summed E-state index contributed by atoms with van der Waals surface area (Å²) in [6.07, 6.45) is 3.72. The van der Waals surface area contributed by atoms with Gasteiger partial charge in [0.1, 0.15) is 4.88 Å². The molecule has 1 aliphatic carbocycles. The van der Waals surface area contributed by atoms with E-state index in [1.165, 1.54) is 34.6 Å². The monoisotopic (exact) mass is 309 g/mol. The van der Waals surface area contributed by atoms with Crippen LogP contribution in [0.25, 0.3) is 0 Å². The number of esters is 1. The van der Waals surface area contributed by atoms with Crippen LogP contribution in [0.2, 0.25) is 0 Å². The Labute approximate surface area is 129 Å². The normalized spacial score (nSPS) is 15.4. The van der Waals surface area contributed by atoms with Gasteiger partial charge in [0.05, 0.1) is 0 Å². The van der Waals surface area contributed by atoms with E-state index in [4.69, 9.17) is 4.74 Å². The summed E-state index contributed by atoms with van der Waals surface area (Å²) in [4.78, 5) is 25.9. The van der Waals surface area contributed by atoms with E-state index in [1.54, 1.807) is 6.92 Å². The molecule has 0 fully saturated rings. The summed E-state index contributed by atoms with van der Waals surface area (Å²) >= 11 is 1.51. The lowest BCUT2D eigenvalue weighted by Crippen LogP contribution is -2.37. The van der Waals surface area contributed by atoms with Crippen molar-refractivity contribution in [2.24, 2.45) is 5.92 Å². The molecule has 4 nitrogen and oxygen atoms in total. The number of fused-ring (bicyclic) bond motifs is 1. The average Bonchev–Trinajstić information content (AvgIpc) is 2.88. The van der Waals surface area contributed by atoms with Gasteiger partial charge in [-0.3, -0.25) is 4.79 Å². The molecular weight excluding hydrogens is 286 g/mol. The number of aryl methyl sites for hydroxylation is 2. The van der Waals surface area contributed by atoms with Crippen molar-refractivity contribution in [2.45, 2.75) is 52.6 Å². The minimum atomic E-state index is -0.754. The zero-order valence-electron chi connectivity index (χ0n) is 12.9. The summed E-state index contributed by atoms with van der Waals surface area (Å²) in [5, 5.41) is 2.77. The SMILES string of the molecule is CC(C)CNC(=O)[C@H](C)OC(=O)c1cc2c(s1)CCCC2. The van der Waals surface area contributed by atoms with Gasteiger partial charge in [0.25, 0.3) is 5.91 Å². The van der Waals surface area contributed by atoms with Gasteiger partial charge in [-0.1, -0.05) is 13.8 Å². The third-order valence-electron chi connectivity index (χ3n) is 3.54. The summed E-state index contributed by atoms with van der Waals surface area (Å²) in [7, 11) is 0. The van der Waals surface area contributed by atoms with Gasteiger partial charge in [-0.2, -0.15) is 0 Å². The summed E-state index contributed by atoms with van der Waals surface area (Å²) in [5.74, 6) is -0.249. The summed E-state index contributed by atoms with van der Waals surface area (Å²) < 4.78 is 5.27. The van der Waals surface area contributed by atoms with Gasteiger partial charge >= 0.3 is 5.97 Å². The molecule has 0 radical (unpaired) electrons. The number of thiophene rings is 1. The van der Waals surface area contributed by atoms with Crippen molar-refractivity contribution in [1.82, 2.24) is 5.32 Å². The number of rotatable bonds is 5. The first kappa shape index (κ1) is 16.0. The van der Waals surface area contributed by atoms with Crippen LogP contribution in [-0.2, 0) is 22.4 Å². The largest absolute Gasteiger partial charge is 0.448 e. The molecule has 1 atom stereocenters. The van der Waals surface area contributed by atoms with Crippen LogP contribution < -0.4 is 5.32 Å². The number of hydrogen-bond acceptors (Lipinski definition) is 4. The van der Waals surface area contributed by atoms with E-state index >= 15 is 0 Å². The Bertz CT molecular complexity index is 498. The first-order valence-corrected chi connectivity index (χ1v) is 8.39. The fourth-order valence-electron chi connectivity index (χ4n) is 2.31. The highest BCUT2D eigenvalue weighted by molar-refractivity contribution is 7.14. The minimum absolute atomic E-state index is 0.238. The minimum Gasteiger partial charge on any atom is -0.448 e.